The maximum absolute atomic E-state index is 13.1. The molecule has 0 saturated carbocycles. The number of aromatic nitrogens is 8. The Morgan fingerprint density at radius 1 is 0.250 bits per heavy atom. The molecule has 4 aromatic heterocycles. The van der Waals surface area contributed by atoms with Crippen molar-refractivity contribution in [1.29, 1.82) is 0 Å². The molecule has 0 amide bonds. The van der Waals surface area contributed by atoms with Gasteiger partial charge in [-0.1, -0.05) is 24.3 Å². The number of aromatic hydroxyl groups is 4. The molecule has 13 rings (SSSR count). The highest BCUT2D eigenvalue weighted by Crippen LogP contribution is 2.43. The number of fused-ring (bicyclic) bond motifs is 12. The Labute approximate surface area is 486 Å². The number of phenols is 4. The number of hydrogen-bond donors (Lipinski definition) is 12. The van der Waals surface area contributed by atoms with Crippen LogP contribution in [0.2, 0.25) is 0 Å². The van der Waals surface area contributed by atoms with Crippen LogP contribution in [0, 0.1) is 0 Å². The third kappa shape index (κ3) is 9.99. The Hall–Kier alpha value is -12.9. The van der Waals surface area contributed by atoms with Gasteiger partial charge in [0, 0.05) is 70.2 Å². The molecule has 4 heterocycles. The fourth-order valence-electron chi connectivity index (χ4n) is 10.7. The predicted molar refractivity (Wildman–Crippen MR) is 321 cm³/mol. The standard InChI is InChI=1S/C60H40N16O12/c77-49-25-13-27-19-34(62-66-42-10-2-6-38-46(42)58(86)74-70-54(38)82)21-29(50(27)78)15-31-23-36(64-68-44-12-4-8-40-48(44)60(88)76-72-56(40)84)24-32(52(31)80)16-30-22-35(63-67-43-11-3-7-39-47(43)59(87)75-71-55(39)83)20-28(51(30)79)14-26(49)18-33(17-25)61-65-41-9-1-5-37-45(41)57(85)73-69-53(37)81/h1-12,17-24,77-80H,13-16H2,(H,69,81)(H,70,82)(H,71,83)(H,72,84)(H,73,85)(H,74,86)(H,75,87)(H,76,88). The van der Waals surface area contributed by atoms with Crippen LogP contribution in [0.15, 0.2) is 201 Å². The molecule has 1 aliphatic rings. The van der Waals surface area contributed by atoms with Gasteiger partial charge in [0.1, 0.15) is 23.0 Å². The SMILES string of the molecule is O=c1[nH][nH]c(=O)c2c(N=Nc3cc4c(O)c(c3)Cc3cc(N=Nc5cccc6c(=O)[nH][nH]c(=O)c56)cc(c3O)Cc3cc(N=Nc5cccc6c(=O)[nH][nH]c(=O)c56)cc(c3O)Cc3cc(N=Nc5cccc6c(=O)[nH][nH]c(=O)c56)cc(c3O)C4)cccc12. The molecule has 8 aromatic carbocycles. The number of H-pyrrole nitrogens is 8. The highest BCUT2D eigenvalue weighted by atomic mass is 16.3. The molecule has 0 radical (unpaired) electrons. The molecular weight excluding hydrogens is 1140 g/mol. The van der Waals surface area contributed by atoms with Gasteiger partial charge in [0.25, 0.3) is 44.5 Å². The second-order valence-electron chi connectivity index (χ2n) is 20.4. The quantitative estimate of drug-likeness (QED) is 0.0634. The second-order valence-corrected chi connectivity index (χ2v) is 20.4. The van der Waals surface area contributed by atoms with Gasteiger partial charge in [0.05, 0.1) is 88.6 Å². The van der Waals surface area contributed by atoms with Crippen LogP contribution in [0.5, 0.6) is 23.0 Å². The van der Waals surface area contributed by atoms with Crippen molar-refractivity contribution < 1.29 is 20.4 Å². The van der Waals surface area contributed by atoms with E-state index in [1.165, 1.54) is 121 Å². The van der Waals surface area contributed by atoms with Crippen LogP contribution in [-0.2, 0) is 25.7 Å². The van der Waals surface area contributed by atoms with Crippen LogP contribution in [0.1, 0.15) is 44.5 Å². The van der Waals surface area contributed by atoms with Crippen LogP contribution < -0.4 is 44.5 Å². The molecule has 28 nitrogen and oxygen atoms in total. The minimum absolute atomic E-state index is 0.0169. The first-order chi connectivity index (χ1) is 42.5. The Balaban J connectivity index is 1.02. The Morgan fingerprint density at radius 2 is 0.432 bits per heavy atom. The fraction of sp³-hybridized carbons (Fsp3) is 0.0667. The summed E-state index contributed by atoms with van der Waals surface area (Å²) in [4.78, 5) is 103. The van der Waals surface area contributed by atoms with Gasteiger partial charge in [0.15, 0.2) is 0 Å². The highest BCUT2D eigenvalue weighted by molar-refractivity contribution is 5.93. The van der Waals surface area contributed by atoms with Gasteiger partial charge in [0.2, 0.25) is 0 Å². The lowest BCUT2D eigenvalue weighted by atomic mass is 9.90. The summed E-state index contributed by atoms with van der Waals surface area (Å²) >= 11 is 0. The zero-order valence-electron chi connectivity index (χ0n) is 45.0. The molecule has 0 atom stereocenters. The summed E-state index contributed by atoms with van der Waals surface area (Å²) in [7, 11) is 0. The van der Waals surface area contributed by atoms with Gasteiger partial charge in [-0.3, -0.25) is 79.1 Å². The first-order valence-corrected chi connectivity index (χ1v) is 26.5. The minimum atomic E-state index is -0.657. The predicted octanol–water partition coefficient (Wildman–Crippen LogP) is 8.97. The van der Waals surface area contributed by atoms with Crippen molar-refractivity contribution in [2.45, 2.75) is 25.7 Å². The lowest BCUT2D eigenvalue weighted by molar-refractivity contribution is 0.450. The molecule has 8 bridgehead atoms. The molecule has 12 N–H and O–H groups in total. The van der Waals surface area contributed by atoms with Gasteiger partial charge in [-0.15, -0.1) is 20.5 Å². The van der Waals surface area contributed by atoms with Crippen molar-refractivity contribution in [3.8, 4) is 23.0 Å². The van der Waals surface area contributed by atoms with Crippen LogP contribution in [0.3, 0.4) is 0 Å². The Morgan fingerprint density at radius 3 is 0.625 bits per heavy atom. The molecule has 88 heavy (non-hydrogen) atoms. The lowest BCUT2D eigenvalue weighted by Crippen LogP contribution is -2.18. The second kappa shape index (κ2) is 21.7. The number of nitrogens with one attached hydrogen (secondary N) is 8. The zero-order chi connectivity index (χ0) is 61.1. The smallest absolute Gasteiger partial charge is 0.272 e. The Bertz CT molecular complexity index is 4850. The summed E-state index contributed by atoms with van der Waals surface area (Å²) in [6.45, 7) is 0. The summed E-state index contributed by atoms with van der Waals surface area (Å²) < 4.78 is 0. The fourth-order valence-corrected chi connectivity index (χ4v) is 10.7. The number of hydrogen-bond acceptors (Lipinski definition) is 20. The van der Waals surface area contributed by atoms with E-state index < -0.39 is 44.5 Å². The van der Waals surface area contributed by atoms with Gasteiger partial charge in [-0.05, 0) is 97.1 Å². The summed E-state index contributed by atoms with van der Waals surface area (Å²) in [5.41, 5.74) is -3.62. The van der Waals surface area contributed by atoms with Crippen LogP contribution in [0.25, 0.3) is 43.1 Å². The summed E-state index contributed by atoms with van der Waals surface area (Å²) in [5, 5.41) is 103. The van der Waals surface area contributed by atoms with E-state index in [2.05, 4.69) is 81.7 Å². The molecule has 12 aromatic rings. The monoisotopic (exact) mass is 1180 g/mol. The van der Waals surface area contributed by atoms with Gasteiger partial charge in [-0.2, -0.15) is 20.5 Å². The van der Waals surface area contributed by atoms with Crippen LogP contribution >= 0.6 is 0 Å². The number of azo groups is 4. The van der Waals surface area contributed by atoms with Crippen molar-refractivity contribution >= 4 is 88.6 Å². The average Bonchev–Trinajstić information content (AvgIpc) is 2.08. The Kier molecular flexibility index (Phi) is 13.4. The van der Waals surface area contributed by atoms with Crippen molar-refractivity contribution in [1.82, 2.24) is 40.8 Å². The normalized spacial score (nSPS) is 12.7. The van der Waals surface area contributed by atoms with E-state index in [0.29, 0.717) is 0 Å². The molecule has 0 aliphatic heterocycles. The van der Waals surface area contributed by atoms with Crippen molar-refractivity contribution in [2.75, 3.05) is 0 Å². The van der Waals surface area contributed by atoms with Crippen molar-refractivity contribution in [3.05, 3.63) is 249 Å². The summed E-state index contributed by atoms with van der Waals surface area (Å²) in [6, 6.07) is 29.4. The summed E-state index contributed by atoms with van der Waals surface area (Å²) in [6.07, 6.45) is -1.19. The highest BCUT2D eigenvalue weighted by Gasteiger charge is 2.23. The van der Waals surface area contributed by atoms with E-state index in [1.807, 2.05) is 0 Å². The van der Waals surface area contributed by atoms with E-state index >= 15 is 0 Å². The minimum Gasteiger partial charge on any atom is -0.507 e. The van der Waals surface area contributed by atoms with Gasteiger partial charge < -0.3 is 20.4 Å². The number of benzene rings is 8. The van der Waals surface area contributed by atoms with E-state index in [1.54, 1.807) is 0 Å². The molecule has 0 unspecified atom stereocenters. The third-order valence-electron chi connectivity index (χ3n) is 14.8. The number of phenolic OH excluding ortho intramolecular Hbond substituents is 4. The topological polar surface area (TPSA) is 443 Å². The number of aromatic amines is 8. The molecule has 0 fully saturated rings. The van der Waals surface area contributed by atoms with E-state index in [-0.39, 0.29) is 182 Å². The lowest BCUT2D eigenvalue weighted by Gasteiger charge is -2.18. The molecular formula is C60H40N16O12. The van der Waals surface area contributed by atoms with Crippen LogP contribution in [0.4, 0.5) is 45.5 Å². The average molecular weight is 1180 g/mol. The van der Waals surface area contributed by atoms with Crippen LogP contribution in [-0.4, -0.2) is 61.2 Å². The van der Waals surface area contributed by atoms with Gasteiger partial charge in [-0.25, -0.2) is 0 Å². The van der Waals surface area contributed by atoms with Crippen molar-refractivity contribution in [3.63, 3.8) is 0 Å². The first-order valence-electron chi connectivity index (χ1n) is 26.5. The zero-order valence-corrected chi connectivity index (χ0v) is 45.0. The third-order valence-corrected chi connectivity index (χ3v) is 14.8. The molecule has 1 aliphatic carbocycles. The van der Waals surface area contributed by atoms with Gasteiger partial charge >= 0.3 is 0 Å². The molecule has 0 spiro atoms. The number of nitrogens with zero attached hydrogens (tertiary/aromatic N) is 8. The molecule has 28 heteroatoms. The maximum atomic E-state index is 13.1. The van der Waals surface area contributed by atoms with E-state index in [0.717, 1.165) is 0 Å². The summed E-state index contributed by atoms with van der Waals surface area (Å²) in [5.74, 6) is -1.35. The first kappa shape index (κ1) is 54.4. The van der Waals surface area contributed by atoms with E-state index in [4.69, 9.17) is 0 Å². The maximum Gasteiger partial charge on any atom is 0.272 e. The van der Waals surface area contributed by atoms with E-state index in [9.17, 15) is 58.8 Å². The molecule has 0 saturated heterocycles. The largest absolute Gasteiger partial charge is 0.507 e. The molecule has 432 valence electrons. The van der Waals surface area contributed by atoms with Crippen molar-refractivity contribution in [2.24, 2.45) is 40.9 Å². The number of rotatable bonds is 8.